The minimum Gasteiger partial charge on any atom is -0.383 e. The van der Waals surface area contributed by atoms with Crippen molar-refractivity contribution in [2.24, 2.45) is 0 Å². The van der Waals surface area contributed by atoms with Crippen molar-refractivity contribution >= 4 is 0 Å². The van der Waals surface area contributed by atoms with Gasteiger partial charge in [0.2, 0.25) is 0 Å². The van der Waals surface area contributed by atoms with Crippen LogP contribution in [-0.2, 0) is 14.2 Å². The molecule has 0 spiro atoms. The van der Waals surface area contributed by atoms with Gasteiger partial charge in [-0.15, -0.1) is 0 Å². The number of rotatable bonds is 11. The van der Waals surface area contributed by atoms with E-state index in [-0.39, 0.29) is 6.29 Å². The highest BCUT2D eigenvalue weighted by molar-refractivity contribution is 4.57. The van der Waals surface area contributed by atoms with Gasteiger partial charge in [-0.05, 0) is 20.4 Å². The number of methoxy groups -OCH3 is 1. The van der Waals surface area contributed by atoms with E-state index in [1.807, 2.05) is 13.8 Å². The molecular weight excluding hydrogens is 206 g/mol. The van der Waals surface area contributed by atoms with Gasteiger partial charge in [0.05, 0.1) is 6.61 Å². The average molecular weight is 233 g/mol. The Bertz CT molecular complexity index is 138. The predicted molar refractivity (Wildman–Crippen MR) is 65.6 cm³/mol. The second-order valence-electron chi connectivity index (χ2n) is 3.56. The molecule has 16 heavy (non-hydrogen) atoms. The molecular formula is C12H27NO3. The molecule has 0 atom stereocenters. The van der Waals surface area contributed by atoms with E-state index in [2.05, 4.69) is 11.8 Å². The van der Waals surface area contributed by atoms with Crippen LogP contribution in [0.1, 0.15) is 27.2 Å². The Morgan fingerprint density at radius 2 is 1.62 bits per heavy atom. The summed E-state index contributed by atoms with van der Waals surface area (Å²) in [5.74, 6) is 0. The zero-order valence-corrected chi connectivity index (χ0v) is 11.2. The molecule has 0 fully saturated rings. The zero-order valence-electron chi connectivity index (χ0n) is 11.2. The Hall–Kier alpha value is -0.160. The number of likely N-dealkylation sites (N-methyl/N-ethyl adjacent to an activating group) is 1. The van der Waals surface area contributed by atoms with E-state index >= 15 is 0 Å². The van der Waals surface area contributed by atoms with Gasteiger partial charge >= 0.3 is 0 Å². The average Bonchev–Trinajstić information content (AvgIpc) is 2.30. The van der Waals surface area contributed by atoms with Crippen molar-refractivity contribution in [3.63, 3.8) is 0 Å². The second kappa shape index (κ2) is 11.3. The first kappa shape index (κ1) is 15.8. The lowest BCUT2D eigenvalue weighted by Crippen LogP contribution is -2.31. The molecule has 0 bridgehead atoms. The SMILES string of the molecule is CCOC(CCN(CC)CCOC)OCC. The van der Waals surface area contributed by atoms with Crippen LogP contribution < -0.4 is 0 Å². The summed E-state index contributed by atoms with van der Waals surface area (Å²) in [5, 5.41) is 0. The van der Waals surface area contributed by atoms with Crippen LogP contribution in [0.15, 0.2) is 0 Å². The van der Waals surface area contributed by atoms with E-state index in [1.165, 1.54) is 0 Å². The lowest BCUT2D eigenvalue weighted by molar-refractivity contribution is -0.141. The largest absolute Gasteiger partial charge is 0.383 e. The van der Waals surface area contributed by atoms with Gasteiger partial charge in [0.15, 0.2) is 6.29 Å². The standard InChI is InChI=1S/C12H27NO3/c1-5-13(10-11-14-4)9-8-12(15-6-2)16-7-3/h12H,5-11H2,1-4H3. The molecule has 0 radical (unpaired) electrons. The van der Waals surface area contributed by atoms with Crippen molar-refractivity contribution in [3.8, 4) is 0 Å². The first-order valence-corrected chi connectivity index (χ1v) is 6.22. The monoisotopic (exact) mass is 233 g/mol. The fourth-order valence-corrected chi connectivity index (χ4v) is 1.52. The zero-order chi connectivity index (χ0) is 12.2. The highest BCUT2D eigenvalue weighted by atomic mass is 16.7. The summed E-state index contributed by atoms with van der Waals surface area (Å²) in [4.78, 5) is 2.34. The Morgan fingerprint density at radius 1 is 1.00 bits per heavy atom. The van der Waals surface area contributed by atoms with Gasteiger partial charge in [-0.1, -0.05) is 6.92 Å². The van der Waals surface area contributed by atoms with Crippen LogP contribution in [0.25, 0.3) is 0 Å². The molecule has 4 heteroatoms. The van der Waals surface area contributed by atoms with Gasteiger partial charge in [0, 0.05) is 39.8 Å². The molecule has 0 saturated carbocycles. The van der Waals surface area contributed by atoms with Crippen LogP contribution in [0.4, 0.5) is 0 Å². The van der Waals surface area contributed by atoms with Crippen LogP contribution in [0.2, 0.25) is 0 Å². The number of ether oxygens (including phenoxy) is 3. The van der Waals surface area contributed by atoms with Crippen molar-refractivity contribution in [2.45, 2.75) is 33.5 Å². The first-order valence-electron chi connectivity index (χ1n) is 6.22. The first-order chi connectivity index (χ1) is 7.78. The van der Waals surface area contributed by atoms with E-state index < -0.39 is 0 Å². The van der Waals surface area contributed by atoms with Crippen LogP contribution in [0.5, 0.6) is 0 Å². The predicted octanol–water partition coefficient (Wildman–Crippen LogP) is 1.74. The number of hydrogen-bond acceptors (Lipinski definition) is 4. The van der Waals surface area contributed by atoms with Gasteiger partial charge in [-0.3, -0.25) is 0 Å². The fourth-order valence-electron chi connectivity index (χ4n) is 1.52. The summed E-state index contributed by atoms with van der Waals surface area (Å²) in [5.41, 5.74) is 0. The summed E-state index contributed by atoms with van der Waals surface area (Å²) >= 11 is 0. The Labute approximate surface area is 99.9 Å². The molecule has 0 unspecified atom stereocenters. The quantitative estimate of drug-likeness (QED) is 0.509. The fraction of sp³-hybridized carbons (Fsp3) is 1.00. The lowest BCUT2D eigenvalue weighted by atomic mass is 10.3. The number of nitrogens with zero attached hydrogens (tertiary/aromatic N) is 1. The summed E-state index contributed by atoms with van der Waals surface area (Å²) in [6.45, 7) is 11.3. The molecule has 4 nitrogen and oxygen atoms in total. The topological polar surface area (TPSA) is 30.9 Å². The van der Waals surface area contributed by atoms with Crippen LogP contribution in [0, 0.1) is 0 Å². The third-order valence-corrected chi connectivity index (χ3v) is 2.45. The Morgan fingerprint density at radius 3 is 2.06 bits per heavy atom. The summed E-state index contributed by atoms with van der Waals surface area (Å²) in [6.07, 6.45) is 0.853. The molecule has 0 aliphatic heterocycles. The van der Waals surface area contributed by atoms with Crippen LogP contribution in [0.3, 0.4) is 0 Å². The molecule has 0 amide bonds. The normalized spacial score (nSPS) is 11.6. The molecule has 0 aliphatic rings. The van der Waals surface area contributed by atoms with Crippen molar-refractivity contribution in [2.75, 3.05) is 46.6 Å². The maximum absolute atomic E-state index is 5.50. The molecule has 0 aromatic rings. The van der Waals surface area contributed by atoms with Crippen molar-refractivity contribution in [1.82, 2.24) is 4.90 Å². The van der Waals surface area contributed by atoms with Crippen molar-refractivity contribution in [1.29, 1.82) is 0 Å². The van der Waals surface area contributed by atoms with E-state index in [0.717, 1.165) is 32.7 Å². The molecule has 0 aromatic heterocycles. The molecule has 98 valence electrons. The van der Waals surface area contributed by atoms with Crippen molar-refractivity contribution < 1.29 is 14.2 Å². The van der Waals surface area contributed by atoms with Gasteiger partial charge in [0.25, 0.3) is 0 Å². The van der Waals surface area contributed by atoms with Gasteiger partial charge < -0.3 is 19.1 Å². The molecule has 0 saturated heterocycles. The highest BCUT2D eigenvalue weighted by Crippen LogP contribution is 2.03. The Kier molecular flexibility index (Phi) is 11.2. The minimum atomic E-state index is -0.0633. The molecule has 0 N–H and O–H groups in total. The van der Waals surface area contributed by atoms with E-state index in [9.17, 15) is 0 Å². The molecule has 0 aliphatic carbocycles. The van der Waals surface area contributed by atoms with E-state index in [4.69, 9.17) is 14.2 Å². The van der Waals surface area contributed by atoms with E-state index in [1.54, 1.807) is 7.11 Å². The summed E-state index contributed by atoms with van der Waals surface area (Å²) in [6, 6.07) is 0. The Balaban J connectivity index is 3.76. The smallest absolute Gasteiger partial charge is 0.158 e. The van der Waals surface area contributed by atoms with Gasteiger partial charge in [0.1, 0.15) is 0 Å². The van der Waals surface area contributed by atoms with Crippen LogP contribution in [-0.4, -0.2) is 57.8 Å². The van der Waals surface area contributed by atoms with Crippen molar-refractivity contribution in [3.05, 3.63) is 0 Å². The maximum Gasteiger partial charge on any atom is 0.158 e. The molecule has 0 aromatic carbocycles. The summed E-state index contributed by atoms with van der Waals surface area (Å²) < 4.78 is 16.1. The lowest BCUT2D eigenvalue weighted by Gasteiger charge is -2.23. The second-order valence-corrected chi connectivity index (χ2v) is 3.56. The van der Waals surface area contributed by atoms with Gasteiger partial charge in [-0.25, -0.2) is 0 Å². The third-order valence-electron chi connectivity index (χ3n) is 2.45. The van der Waals surface area contributed by atoms with Gasteiger partial charge in [-0.2, -0.15) is 0 Å². The highest BCUT2D eigenvalue weighted by Gasteiger charge is 2.10. The molecule has 0 heterocycles. The summed E-state index contributed by atoms with van der Waals surface area (Å²) in [7, 11) is 1.73. The number of hydrogen-bond donors (Lipinski definition) is 0. The van der Waals surface area contributed by atoms with E-state index in [0.29, 0.717) is 13.2 Å². The molecule has 0 rings (SSSR count). The maximum atomic E-state index is 5.50. The minimum absolute atomic E-state index is 0.0633. The van der Waals surface area contributed by atoms with Crippen LogP contribution >= 0.6 is 0 Å². The third kappa shape index (κ3) is 8.05.